The van der Waals surface area contributed by atoms with E-state index in [9.17, 15) is 9.90 Å². The molecule has 1 aliphatic rings. The van der Waals surface area contributed by atoms with Gasteiger partial charge in [0.2, 0.25) is 5.91 Å². The van der Waals surface area contributed by atoms with Crippen LogP contribution in [-0.4, -0.2) is 38.1 Å². The number of amides is 1. The second kappa shape index (κ2) is 7.77. The monoisotopic (exact) mass is 351 g/mol. The quantitative estimate of drug-likeness (QED) is 0.822. The normalized spacial score (nSPS) is 19.9. The highest BCUT2D eigenvalue weighted by Gasteiger charge is 2.40. The van der Waals surface area contributed by atoms with Gasteiger partial charge in [-0.1, -0.05) is 75.1 Å². The minimum atomic E-state index is -0.628. The Bertz CT molecular complexity index is 554. The number of aliphatic hydroxyl groups is 1. The Morgan fingerprint density at radius 3 is 2.65 bits per heavy atom. The Morgan fingerprint density at radius 2 is 2.04 bits per heavy atom. The molecule has 0 unspecified atom stereocenters. The molecular formula is C18H25NO2S2. The van der Waals surface area contributed by atoms with E-state index in [4.69, 9.17) is 12.2 Å². The molecule has 0 spiro atoms. The highest BCUT2D eigenvalue weighted by molar-refractivity contribution is 8.23. The second-order valence-corrected chi connectivity index (χ2v) is 8.76. The van der Waals surface area contributed by atoms with Crippen molar-refractivity contribution in [2.24, 2.45) is 5.41 Å². The third-order valence-corrected chi connectivity index (χ3v) is 5.64. The Balaban J connectivity index is 1.91. The third kappa shape index (κ3) is 5.03. The van der Waals surface area contributed by atoms with Crippen LogP contribution in [0.4, 0.5) is 0 Å². The predicted molar refractivity (Wildman–Crippen MR) is 101 cm³/mol. The Labute approximate surface area is 148 Å². The first-order valence-corrected chi connectivity index (χ1v) is 9.39. The molecule has 1 amide bonds. The van der Waals surface area contributed by atoms with E-state index in [1.807, 2.05) is 30.3 Å². The molecule has 1 N–H and O–H groups in total. The standard InChI is InChI=1S/C18H25NO2S2/c1-18(2,3)15-12-23-17(22)19(15)16(21)11-14(20)10-9-13-7-5-4-6-8-13/h4-8,14-15,20H,9-12H2,1-3H3/t14-,15-/m1/s1. The lowest BCUT2D eigenvalue weighted by Crippen LogP contribution is -2.46. The molecule has 1 fully saturated rings. The van der Waals surface area contributed by atoms with Crippen molar-refractivity contribution in [3.63, 3.8) is 0 Å². The highest BCUT2D eigenvalue weighted by Crippen LogP contribution is 2.36. The molecule has 0 radical (unpaired) electrons. The summed E-state index contributed by atoms with van der Waals surface area (Å²) >= 11 is 6.90. The predicted octanol–water partition coefficient (Wildman–Crippen LogP) is 3.65. The van der Waals surface area contributed by atoms with Gasteiger partial charge in [0.1, 0.15) is 4.32 Å². The lowest BCUT2D eigenvalue weighted by molar-refractivity contribution is -0.131. The molecule has 0 saturated carbocycles. The summed E-state index contributed by atoms with van der Waals surface area (Å²) in [4.78, 5) is 14.3. The molecule has 0 aliphatic carbocycles. The van der Waals surface area contributed by atoms with Crippen molar-refractivity contribution >= 4 is 34.2 Å². The fraction of sp³-hybridized carbons (Fsp3) is 0.556. The van der Waals surface area contributed by atoms with Gasteiger partial charge in [-0.2, -0.15) is 0 Å². The number of hydrogen-bond acceptors (Lipinski definition) is 4. The third-order valence-electron chi connectivity index (χ3n) is 4.16. The summed E-state index contributed by atoms with van der Waals surface area (Å²) in [5.74, 6) is 0.786. The minimum Gasteiger partial charge on any atom is -0.393 e. The second-order valence-electron chi connectivity index (χ2n) is 7.10. The van der Waals surface area contributed by atoms with Gasteiger partial charge in [0.05, 0.1) is 18.6 Å². The Kier molecular flexibility index (Phi) is 6.23. The van der Waals surface area contributed by atoms with Gasteiger partial charge < -0.3 is 5.11 Å². The SMILES string of the molecule is CC(C)(C)[C@H]1CSC(=S)N1C(=O)C[C@H](O)CCc1ccccc1. The van der Waals surface area contributed by atoms with Crippen LogP contribution in [0.5, 0.6) is 0 Å². The minimum absolute atomic E-state index is 0.0157. The van der Waals surface area contributed by atoms with Crippen LogP contribution < -0.4 is 0 Å². The van der Waals surface area contributed by atoms with E-state index in [0.717, 1.165) is 12.2 Å². The molecule has 126 valence electrons. The van der Waals surface area contributed by atoms with Crippen LogP contribution in [0, 0.1) is 5.41 Å². The smallest absolute Gasteiger partial charge is 0.230 e. The molecule has 1 aromatic rings. The van der Waals surface area contributed by atoms with E-state index in [1.54, 1.807) is 16.7 Å². The maximum absolute atomic E-state index is 12.6. The molecule has 3 nitrogen and oxygen atoms in total. The molecule has 2 rings (SSSR count). The largest absolute Gasteiger partial charge is 0.393 e. The van der Waals surface area contributed by atoms with Crippen molar-refractivity contribution in [1.82, 2.24) is 4.90 Å². The number of hydrogen-bond donors (Lipinski definition) is 1. The average molecular weight is 352 g/mol. The first kappa shape index (κ1) is 18.4. The van der Waals surface area contributed by atoms with E-state index < -0.39 is 6.10 Å². The first-order chi connectivity index (χ1) is 10.8. The van der Waals surface area contributed by atoms with Gasteiger partial charge in [0.25, 0.3) is 0 Å². The fourth-order valence-electron chi connectivity index (χ4n) is 2.71. The van der Waals surface area contributed by atoms with Gasteiger partial charge in [-0.15, -0.1) is 0 Å². The summed E-state index contributed by atoms with van der Waals surface area (Å²) in [6.45, 7) is 6.37. The number of rotatable bonds is 5. The summed E-state index contributed by atoms with van der Waals surface area (Å²) in [6.07, 6.45) is 0.873. The van der Waals surface area contributed by atoms with Crippen LogP contribution >= 0.6 is 24.0 Å². The molecule has 1 saturated heterocycles. The van der Waals surface area contributed by atoms with Crippen molar-refractivity contribution in [1.29, 1.82) is 0 Å². The van der Waals surface area contributed by atoms with E-state index in [1.165, 1.54) is 5.56 Å². The zero-order valence-corrected chi connectivity index (χ0v) is 15.6. The topological polar surface area (TPSA) is 40.5 Å². The van der Waals surface area contributed by atoms with Crippen LogP contribution in [0.25, 0.3) is 0 Å². The molecule has 1 heterocycles. The molecule has 1 aromatic carbocycles. The van der Waals surface area contributed by atoms with Crippen molar-refractivity contribution in [3.05, 3.63) is 35.9 Å². The molecule has 0 aromatic heterocycles. The number of carbonyl (C=O) groups is 1. The van der Waals surface area contributed by atoms with E-state index in [0.29, 0.717) is 10.7 Å². The van der Waals surface area contributed by atoms with Crippen LogP contribution in [0.3, 0.4) is 0 Å². The average Bonchev–Trinajstić information content (AvgIpc) is 2.88. The number of carbonyl (C=O) groups excluding carboxylic acids is 1. The lowest BCUT2D eigenvalue weighted by Gasteiger charge is -2.34. The summed E-state index contributed by atoms with van der Waals surface area (Å²) in [5.41, 5.74) is 1.16. The molecule has 23 heavy (non-hydrogen) atoms. The summed E-state index contributed by atoms with van der Waals surface area (Å²) < 4.78 is 0.644. The molecule has 5 heteroatoms. The van der Waals surface area contributed by atoms with E-state index >= 15 is 0 Å². The maximum Gasteiger partial charge on any atom is 0.230 e. The van der Waals surface area contributed by atoms with Gasteiger partial charge in [-0.05, 0) is 23.8 Å². The molecule has 1 aliphatic heterocycles. The lowest BCUT2D eigenvalue weighted by atomic mass is 9.87. The van der Waals surface area contributed by atoms with Crippen LogP contribution in [0.15, 0.2) is 30.3 Å². The number of thioether (sulfide) groups is 1. The Morgan fingerprint density at radius 1 is 1.39 bits per heavy atom. The van der Waals surface area contributed by atoms with Gasteiger partial charge in [0, 0.05) is 5.75 Å². The van der Waals surface area contributed by atoms with Crippen molar-refractivity contribution in [2.45, 2.75) is 52.2 Å². The zero-order valence-electron chi connectivity index (χ0n) is 14.0. The zero-order chi connectivity index (χ0) is 17.0. The van der Waals surface area contributed by atoms with Crippen LogP contribution in [0.2, 0.25) is 0 Å². The number of benzene rings is 1. The van der Waals surface area contributed by atoms with E-state index in [2.05, 4.69) is 20.8 Å². The van der Waals surface area contributed by atoms with E-state index in [-0.39, 0.29) is 23.8 Å². The van der Waals surface area contributed by atoms with Crippen molar-refractivity contribution < 1.29 is 9.90 Å². The summed E-state index contributed by atoms with van der Waals surface area (Å²) in [6, 6.07) is 10.1. The summed E-state index contributed by atoms with van der Waals surface area (Å²) in [7, 11) is 0. The Hall–Kier alpha value is -0.910. The molecule has 0 bridgehead atoms. The first-order valence-electron chi connectivity index (χ1n) is 8.00. The maximum atomic E-state index is 12.6. The number of aliphatic hydroxyl groups excluding tert-OH is 1. The molecular weight excluding hydrogens is 326 g/mol. The fourth-order valence-corrected chi connectivity index (χ4v) is 4.47. The number of thiocarbonyl (C=S) groups is 1. The van der Waals surface area contributed by atoms with Gasteiger partial charge in [0.15, 0.2) is 0 Å². The van der Waals surface area contributed by atoms with Crippen LogP contribution in [0.1, 0.15) is 39.2 Å². The van der Waals surface area contributed by atoms with Gasteiger partial charge >= 0.3 is 0 Å². The van der Waals surface area contributed by atoms with Crippen molar-refractivity contribution in [2.75, 3.05) is 5.75 Å². The molecule has 2 atom stereocenters. The summed E-state index contributed by atoms with van der Waals surface area (Å²) in [5, 5.41) is 10.2. The number of nitrogens with zero attached hydrogens (tertiary/aromatic N) is 1. The van der Waals surface area contributed by atoms with Gasteiger partial charge in [-0.3, -0.25) is 9.69 Å². The van der Waals surface area contributed by atoms with Gasteiger partial charge in [-0.25, -0.2) is 0 Å². The highest BCUT2D eigenvalue weighted by atomic mass is 32.2. The number of aryl methyl sites for hydroxylation is 1. The van der Waals surface area contributed by atoms with Crippen LogP contribution in [-0.2, 0) is 11.2 Å². The van der Waals surface area contributed by atoms with Crippen molar-refractivity contribution in [3.8, 4) is 0 Å².